The molecule has 0 bridgehead atoms. The minimum absolute atomic E-state index is 0.468. The molecule has 162 valence electrons. The molecule has 0 aromatic rings. The maximum absolute atomic E-state index is 11.0. The van der Waals surface area contributed by atoms with Crippen LogP contribution in [-0.2, 0) is 0 Å². The van der Waals surface area contributed by atoms with E-state index in [1.165, 1.54) is 80.9 Å². The van der Waals surface area contributed by atoms with Gasteiger partial charge in [-0.1, -0.05) is 86.6 Å². The molecule has 28 heavy (non-hydrogen) atoms. The van der Waals surface area contributed by atoms with Crippen molar-refractivity contribution in [3.63, 3.8) is 0 Å². The fraction of sp³-hybridized carbons (Fsp3) is 0.778. The summed E-state index contributed by atoms with van der Waals surface area (Å²) < 4.78 is 0. The largest absolute Gasteiger partial charge is 0.508 e. The Kier molecular flexibility index (Phi) is 11.9. The van der Waals surface area contributed by atoms with Gasteiger partial charge in [-0.05, 0) is 73.0 Å². The van der Waals surface area contributed by atoms with Crippen LogP contribution in [0.5, 0.6) is 0 Å². The van der Waals surface area contributed by atoms with E-state index in [1.807, 2.05) is 6.08 Å². The van der Waals surface area contributed by atoms with E-state index >= 15 is 0 Å². The first kappa shape index (κ1) is 25.1. The fourth-order valence-electron chi connectivity index (χ4n) is 5.36. The third-order valence-corrected chi connectivity index (χ3v) is 6.52. The van der Waals surface area contributed by atoms with Crippen molar-refractivity contribution in [2.24, 2.45) is 23.7 Å². The Bertz CT molecular complexity index is 498. The number of hydrogen-bond donors (Lipinski definition) is 1. The van der Waals surface area contributed by atoms with Gasteiger partial charge in [0.15, 0.2) is 0 Å². The van der Waals surface area contributed by atoms with Crippen molar-refractivity contribution in [1.82, 2.24) is 0 Å². The molecule has 4 unspecified atom stereocenters. The van der Waals surface area contributed by atoms with Crippen molar-refractivity contribution >= 4 is 0 Å². The summed E-state index contributed by atoms with van der Waals surface area (Å²) in [7, 11) is 0. The van der Waals surface area contributed by atoms with Gasteiger partial charge in [-0.2, -0.15) is 0 Å². The number of aliphatic hydroxyl groups is 1. The fourth-order valence-corrected chi connectivity index (χ4v) is 5.36. The standard InChI is InChI=1S/C27H48O/c1-8-12-20(5)18-23(14-10-3)26-22(7)16-17-25(28)27(26)24(15-11-4)19-21(6)13-9-2/h17,20-21,23-24,28H,7-16,18-19H2,1-6H3. The van der Waals surface area contributed by atoms with Crippen molar-refractivity contribution in [3.8, 4) is 0 Å². The van der Waals surface area contributed by atoms with E-state index < -0.39 is 0 Å². The SMILES string of the molecule is C=C1CC=C(O)C(C(CCC)CC(C)CCC)=C1C(CCC)CC(C)CCC. The Morgan fingerprint density at radius 2 is 1.21 bits per heavy atom. The van der Waals surface area contributed by atoms with Gasteiger partial charge in [0.2, 0.25) is 0 Å². The molecule has 0 fully saturated rings. The maximum Gasteiger partial charge on any atom is 0.115 e. The van der Waals surface area contributed by atoms with Gasteiger partial charge in [0.25, 0.3) is 0 Å². The van der Waals surface area contributed by atoms with Crippen molar-refractivity contribution in [3.05, 3.63) is 35.1 Å². The molecule has 1 rings (SSSR count). The maximum atomic E-state index is 11.0. The molecule has 0 saturated carbocycles. The summed E-state index contributed by atoms with van der Waals surface area (Å²) in [4.78, 5) is 0. The number of rotatable bonds is 14. The van der Waals surface area contributed by atoms with Crippen LogP contribution in [0.4, 0.5) is 0 Å². The smallest absolute Gasteiger partial charge is 0.115 e. The second-order valence-corrected chi connectivity index (χ2v) is 9.45. The van der Waals surface area contributed by atoms with Crippen LogP contribution < -0.4 is 0 Å². The second-order valence-electron chi connectivity index (χ2n) is 9.45. The summed E-state index contributed by atoms with van der Waals surface area (Å²) >= 11 is 0. The normalized spacial score (nSPS) is 19.4. The zero-order chi connectivity index (χ0) is 21.1. The Hall–Kier alpha value is -0.980. The average molecular weight is 389 g/mol. The molecule has 1 nitrogen and oxygen atoms in total. The first-order valence-electron chi connectivity index (χ1n) is 12.2. The van der Waals surface area contributed by atoms with Crippen molar-refractivity contribution in [2.45, 2.75) is 112 Å². The third-order valence-electron chi connectivity index (χ3n) is 6.52. The Morgan fingerprint density at radius 3 is 1.64 bits per heavy atom. The zero-order valence-electron chi connectivity index (χ0n) is 19.8. The van der Waals surface area contributed by atoms with E-state index in [0.717, 1.165) is 12.3 Å². The highest BCUT2D eigenvalue weighted by molar-refractivity contribution is 5.49. The van der Waals surface area contributed by atoms with Gasteiger partial charge in [-0.3, -0.25) is 0 Å². The van der Waals surface area contributed by atoms with Crippen molar-refractivity contribution < 1.29 is 5.11 Å². The highest BCUT2D eigenvalue weighted by Gasteiger charge is 2.30. The van der Waals surface area contributed by atoms with Crippen molar-refractivity contribution in [2.75, 3.05) is 0 Å². The molecular weight excluding hydrogens is 340 g/mol. The molecular formula is C27H48O. The highest BCUT2D eigenvalue weighted by atomic mass is 16.3. The molecule has 1 aliphatic carbocycles. The summed E-state index contributed by atoms with van der Waals surface area (Å²) in [6.45, 7) is 18.4. The first-order valence-corrected chi connectivity index (χ1v) is 12.2. The van der Waals surface area contributed by atoms with Crippen LogP contribution in [0, 0.1) is 23.7 Å². The molecule has 0 spiro atoms. The van der Waals surface area contributed by atoms with Gasteiger partial charge >= 0.3 is 0 Å². The van der Waals surface area contributed by atoms with Gasteiger partial charge in [0.1, 0.15) is 5.76 Å². The number of aliphatic hydroxyl groups excluding tert-OH is 1. The van der Waals surface area contributed by atoms with Crippen LogP contribution in [0.2, 0.25) is 0 Å². The molecule has 0 amide bonds. The molecule has 0 saturated heterocycles. The molecule has 1 N–H and O–H groups in total. The van der Waals surface area contributed by atoms with Crippen LogP contribution in [0.25, 0.3) is 0 Å². The monoisotopic (exact) mass is 388 g/mol. The van der Waals surface area contributed by atoms with Gasteiger partial charge in [0, 0.05) is 5.57 Å². The van der Waals surface area contributed by atoms with Gasteiger partial charge < -0.3 is 5.11 Å². The van der Waals surface area contributed by atoms with E-state index in [9.17, 15) is 5.11 Å². The van der Waals surface area contributed by atoms with E-state index in [2.05, 4.69) is 48.1 Å². The van der Waals surface area contributed by atoms with Crippen LogP contribution in [0.1, 0.15) is 112 Å². The predicted octanol–water partition coefficient (Wildman–Crippen LogP) is 9.17. The highest BCUT2D eigenvalue weighted by Crippen LogP contribution is 2.43. The van der Waals surface area contributed by atoms with Crippen LogP contribution in [0.3, 0.4) is 0 Å². The molecule has 1 heteroatoms. The van der Waals surface area contributed by atoms with E-state index in [1.54, 1.807) is 0 Å². The van der Waals surface area contributed by atoms with Gasteiger partial charge in [0.05, 0.1) is 0 Å². The summed E-state index contributed by atoms with van der Waals surface area (Å²) in [6, 6.07) is 0. The molecule has 1 aliphatic rings. The quantitative estimate of drug-likeness (QED) is 0.314. The van der Waals surface area contributed by atoms with Gasteiger partial charge in [-0.25, -0.2) is 0 Å². The summed E-state index contributed by atoms with van der Waals surface area (Å²) in [5.74, 6) is 3.02. The minimum Gasteiger partial charge on any atom is -0.508 e. The molecule has 0 aliphatic heterocycles. The lowest BCUT2D eigenvalue weighted by atomic mass is 9.72. The Morgan fingerprint density at radius 1 is 0.786 bits per heavy atom. The third kappa shape index (κ3) is 7.45. The molecule has 0 heterocycles. The lowest BCUT2D eigenvalue weighted by Crippen LogP contribution is -2.21. The van der Waals surface area contributed by atoms with Gasteiger partial charge in [-0.15, -0.1) is 0 Å². The number of allylic oxidation sites excluding steroid dienone is 4. The van der Waals surface area contributed by atoms with Crippen LogP contribution >= 0.6 is 0 Å². The average Bonchev–Trinajstić information content (AvgIpc) is 2.63. The molecule has 0 aromatic heterocycles. The molecule has 0 radical (unpaired) electrons. The van der Waals surface area contributed by atoms with Crippen LogP contribution in [0.15, 0.2) is 35.1 Å². The second kappa shape index (κ2) is 13.3. The Balaban J connectivity index is 3.34. The summed E-state index contributed by atoms with van der Waals surface area (Å²) in [5, 5.41) is 11.0. The zero-order valence-corrected chi connectivity index (χ0v) is 19.8. The summed E-state index contributed by atoms with van der Waals surface area (Å²) in [5.41, 5.74) is 3.97. The van der Waals surface area contributed by atoms with Crippen LogP contribution in [-0.4, -0.2) is 5.11 Å². The number of hydrogen-bond acceptors (Lipinski definition) is 1. The lowest BCUT2D eigenvalue weighted by molar-refractivity contribution is 0.335. The minimum atomic E-state index is 0.468. The first-order chi connectivity index (χ1) is 13.4. The predicted molar refractivity (Wildman–Crippen MR) is 126 cm³/mol. The van der Waals surface area contributed by atoms with E-state index in [0.29, 0.717) is 23.5 Å². The molecule has 4 atom stereocenters. The summed E-state index contributed by atoms with van der Waals surface area (Å²) in [6.07, 6.45) is 15.1. The van der Waals surface area contributed by atoms with E-state index in [-0.39, 0.29) is 0 Å². The molecule has 0 aromatic carbocycles. The van der Waals surface area contributed by atoms with E-state index in [4.69, 9.17) is 0 Å². The lowest BCUT2D eigenvalue weighted by Gasteiger charge is -2.34. The Labute approximate surface area is 176 Å². The topological polar surface area (TPSA) is 20.2 Å². The van der Waals surface area contributed by atoms with Crippen molar-refractivity contribution in [1.29, 1.82) is 0 Å².